The van der Waals surface area contributed by atoms with Crippen molar-refractivity contribution in [3.05, 3.63) is 22.4 Å². The van der Waals surface area contributed by atoms with Crippen molar-refractivity contribution in [2.75, 3.05) is 20.3 Å². The second-order valence-corrected chi connectivity index (χ2v) is 6.80. The number of quaternary nitrogens is 1. The van der Waals surface area contributed by atoms with Crippen LogP contribution in [0.15, 0.2) is 17.5 Å². The molecule has 124 valence electrons. The molecule has 2 amide bonds. The summed E-state index contributed by atoms with van der Waals surface area (Å²) in [7, 11) is 1.22. The highest BCUT2D eigenvalue weighted by molar-refractivity contribution is 7.10. The zero-order valence-electron chi connectivity index (χ0n) is 12.9. The molecule has 0 saturated carbocycles. The normalized spacial score (nSPS) is 33.2. The van der Waals surface area contributed by atoms with Gasteiger partial charge < -0.3 is 15.2 Å². The molecule has 4 atom stereocenters. The van der Waals surface area contributed by atoms with Gasteiger partial charge in [-0.25, -0.2) is 4.79 Å². The molecule has 0 unspecified atom stereocenters. The number of amides is 2. The van der Waals surface area contributed by atoms with Crippen LogP contribution < -0.4 is 5.32 Å². The summed E-state index contributed by atoms with van der Waals surface area (Å²) in [6.45, 7) is 1.42. The summed E-state index contributed by atoms with van der Waals surface area (Å²) < 4.78 is 4.85. The summed E-state index contributed by atoms with van der Waals surface area (Å²) in [5.74, 6) is -2.92. The number of likely N-dealkylation sites (tertiary alicyclic amines) is 1. The van der Waals surface area contributed by atoms with Crippen LogP contribution in [0.3, 0.4) is 0 Å². The molecule has 1 aromatic heterocycles. The summed E-state index contributed by atoms with van der Waals surface area (Å²) in [5.41, 5.74) is -1.47. The lowest BCUT2D eigenvalue weighted by Gasteiger charge is -2.26. The smallest absolute Gasteiger partial charge is 0.371 e. The van der Waals surface area contributed by atoms with E-state index < -0.39 is 35.9 Å². The van der Waals surface area contributed by atoms with Gasteiger partial charge in [0.25, 0.3) is 0 Å². The van der Waals surface area contributed by atoms with Gasteiger partial charge >= 0.3 is 5.97 Å². The van der Waals surface area contributed by atoms with Gasteiger partial charge in [-0.2, -0.15) is 0 Å². The number of rotatable bonds is 4. The molecule has 3 heterocycles. The van der Waals surface area contributed by atoms with E-state index in [0.29, 0.717) is 0 Å². The van der Waals surface area contributed by atoms with Crippen molar-refractivity contribution in [2.24, 2.45) is 11.8 Å². The first-order valence-corrected chi connectivity index (χ1v) is 8.33. The molecular weight excluding hydrogens is 320 g/mol. The van der Waals surface area contributed by atoms with E-state index in [2.05, 4.69) is 0 Å². The highest BCUT2D eigenvalue weighted by atomic mass is 32.1. The molecule has 2 aliphatic rings. The number of nitrogens with zero attached hydrogens (tertiary/aromatic N) is 1. The number of hydrogen-bond donors (Lipinski definition) is 2. The van der Waals surface area contributed by atoms with E-state index in [0.717, 1.165) is 4.88 Å². The van der Waals surface area contributed by atoms with Gasteiger partial charge in [-0.3, -0.25) is 14.5 Å². The molecule has 8 heteroatoms. The number of fused-ring (bicyclic) bond motifs is 1. The third-order valence-corrected chi connectivity index (χ3v) is 5.85. The second-order valence-electron chi connectivity index (χ2n) is 5.82. The van der Waals surface area contributed by atoms with E-state index in [1.807, 2.05) is 17.5 Å². The lowest BCUT2D eigenvalue weighted by atomic mass is 9.80. The number of esters is 1. The predicted octanol–water partition coefficient (Wildman–Crippen LogP) is -1.11. The summed E-state index contributed by atoms with van der Waals surface area (Å²) in [6.07, 6.45) is 0. The van der Waals surface area contributed by atoms with Gasteiger partial charge in [-0.15, -0.1) is 11.3 Å². The topological polar surface area (TPSA) is 101 Å². The third kappa shape index (κ3) is 2.05. The molecule has 3 N–H and O–H groups in total. The molecular formula is C15H19N2O5S+. The second kappa shape index (κ2) is 5.70. The number of imide groups is 1. The Hall–Kier alpha value is -1.77. The number of ether oxygens (including phenoxy) is 1. The summed E-state index contributed by atoms with van der Waals surface area (Å²) in [4.78, 5) is 39.9. The SMILES string of the molecule is CCN1C(=O)[C@@H]2[C@@H](C1=O)[C@](CO)(C(=O)OC)[NH2+][C@H]2c1cccs1. The largest absolute Gasteiger partial charge is 0.464 e. The molecule has 0 aromatic carbocycles. The van der Waals surface area contributed by atoms with Crippen LogP contribution in [0.4, 0.5) is 0 Å². The summed E-state index contributed by atoms with van der Waals surface area (Å²) in [5, 5.41) is 13.5. The molecule has 3 rings (SSSR count). The Morgan fingerprint density at radius 3 is 2.74 bits per heavy atom. The molecule has 0 bridgehead atoms. The standard InChI is InChI=1S/C15H18N2O5S/c1-3-17-12(19)9-10(13(17)20)15(7-18,14(21)22-2)16-11(9)8-5-4-6-23-8/h4-6,9-11,16,18H,3,7H2,1-2H3/p+1/t9-,10+,11+,15-/m1/s1. The first-order chi connectivity index (χ1) is 11.0. The number of aliphatic hydroxyl groups excluding tert-OH is 1. The molecule has 2 aliphatic heterocycles. The Labute approximate surface area is 137 Å². The van der Waals surface area contributed by atoms with Crippen molar-refractivity contribution in [3.63, 3.8) is 0 Å². The van der Waals surface area contributed by atoms with Gasteiger partial charge in [-0.05, 0) is 18.4 Å². The van der Waals surface area contributed by atoms with Crippen molar-refractivity contribution in [1.29, 1.82) is 0 Å². The molecule has 2 fully saturated rings. The molecule has 1 aromatic rings. The van der Waals surface area contributed by atoms with Crippen molar-refractivity contribution in [3.8, 4) is 0 Å². The summed E-state index contributed by atoms with van der Waals surface area (Å²) in [6, 6.07) is 3.36. The average Bonchev–Trinajstić information content (AvgIpc) is 3.24. The minimum Gasteiger partial charge on any atom is -0.464 e. The minimum atomic E-state index is -1.47. The molecule has 23 heavy (non-hydrogen) atoms. The zero-order chi connectivity index (χ0) is 16.8. The Balaban J connectivity index is 2.13. The van der Waals surface area contributed by atoms with Gasteiger partial charge in [0.05, 0.1) is 12.0 Å². The Kier molecular flexibility index (Phi) is 3.99. The summed E-state index contributed by atoms with van der Waals surface area (Å²) >= 11 is 1.46. The van der Waals surface area contributed by atoms with E-state index in [9.17, 15) is 19.5 Å². The van der Waals surface area contributed by atoms with E-state index in [1.54, 1.807) is 12.2 Å². The Morgan fingerprint density at radius 2 is 2.22 bits per heavy atom. The molecule has 0 radical (unpaired) electrons. The number of methoxy groups -OCH3 is 1. The molecule has 2 saturated heterocycles. The number of hydrogen-bond acceptors (Lipinski definition) is 6. The fourth-order valence-electron chi connectivity index (χ4n) is 3.83. The van der Waals surface area contributed by atoms with Crippen LogP contribution in [0.1, 0.15) is 17.8 Å². The van der Waals surface area contributed by atoms with Gasteiger partial charge in [-0.1, -0.05) is 6.07 Å². The van der Waals surface area contributed by atoms with Crippen LogP contribution in [0.2, 0.25) is 0 Å². The zero-order valence-corrected chi connectivity index (χ0v) is 13.7. The minimum absolute atomic E-state index is 0.254. The average molecular weight is 339 g/mol. The number of carbonyl (C=O) groups is 3. The van der Waals surface area contributed by atoms with Gasteiger partial charge in [0.1, 0.15) is 24.5 Å². The number of nitrogens with two attached hydrogens (primary N) is 1. The molecule has 0 spiro atoms. The highest BCUT2D eigenvalue weighted by Crippen LogP contribution is 2.45. The Bertz CT molecular complexity index is 646. The van der Waals surface area contributed by atoms with E-state index in [4.69, 9.17) is 4.74 Å². The van der Waals surface area contributed by atoms with Crippen molar-refractivity contribution < 1.29 is 29.5 Å². The number of thiophene rings is 1. The first-order valence-electron chi connectivity index (χ1n) is 7.45. The van der Waals surface area contributed by atoms with E-state index >= 15 is 0 Å². The number of aliphatic hydroxyl groups is 1. The van der Waals surface area contributed by atoms with Crippen LogP contribution >= 0.6 is 11.3 Å². The monoisotopic (exact) mass is 339 g/mol. The van der Waals surface area contributed by atoms with Crippen molar-refractivity contribution in [1.82, 2.24) is 4.90 Å². The predicted molar refractivity (Wildman–Crippen MR) is 80.2 cm³/mol. The lowest BCUT2D eigenvalue weighted by Crippen LogP contribution is -2.99. The van der Waals surface area contributed by atoms with Crippen LogP contribution in [0, 0.1) is 11.8 Å². The maximum atomic E-state index is 12.7. The van der Waals surface area contributed by atoms with Crippen LogP contribution in [-0.2, 0) is 19.1 Å². The van der Waals surface area contributed by atoms with Crippen molar-refractivity contribution in [2.45, 2.75) is 18.5 Å². The van der Waals surface area contributed by atoms with Gasteiger partial charge in [0, 0.05) is 6.54 Å². The van der Waals surface area contributed by atoms with E-state index in [1.165, 1.54) is 23.3 Å². The quantitative estimate of drug-likeness (QED) is 0.535. The first kappa shape index (κ1) is 16.1. The third-order valence-electron chi connectivity index (χ3n) is 4.88. The fraction of sp³-hybridized carbons (Fsp3) is 0.533. The van der Waals surface area contributed by atoms with E-state index in [-0.39, 0.29) is 18.5 Å². The van der Waals surface area contributed by atoms with Crippen LogP contribution in [-0.4, -0.2) is 53.6 Å². The fourth-order valence-corrected chi connectivity index (χ4v) is 4.68. The maximum Gasteiger partial charge on any atom is 0.371 e. The molecule has 0 aliphatic carbocycles. The Morgan fingerprint density at radius 1 is 1.48 bits per heavy atom. The molecule has 7 nitrogen and oxygen atoms in total. The van der Waals surface area contributed by atoms with Gasteiger partial charge in [0.15, 0.2) is 0 Å². The lowest BCUT2D eigenvalue weighted by molar-refractivity contribution is -0.735. The number of carbonyl (C=O) groups excluding carboxylic acids is 3. The van der Waals surface area contributed by atoms with Gasteiger partial charge in [0.2, 0.25) is 17.4 Å². The van der Waals surface area contributed by atoms with Crippen LogP contribution in [0.25, 0.3) is 0 Å². The highest BCUT2D eigenvalue weighted by Gasteiger charge is 2.72. The maximum absolute atomic E-state index is 12.7. The van der Waals surface area contributed by atoms with Crippen molar-refractivity contribution >= 4 is 29.1 Å². The van der Waals surface area contributed by atoms with Crippen LogP contribution in [0.5, 0.6) is 0 Å².